The number of allylic oxidation sites excluding steroid dienone is 1. The molecule has 3 aromatic carbocycles. The average Bonchev–Trinajstić information content (AvgIpc) is 3.48. The van der Waals surface area contributed by atoms with Gasteiger partial charge >= 0.3 is 0 Å². The van der Waals surface area contributed by atoms with Crippen LogP contribution in [0, 0.1) is 23.0 Å². The van der Waals surface area contributed by atoms with Crippen LogP contribution in [0.1, 0.15) is 5.82 Å². The van der Waals surface area contributed by atoms with Crippen LogP contribution in [0.5, 0.6) is 0 Å². The largest absolute Gasteiger partial charge is 0.510 e. The quantitative estimate of drug-likeness (QED) is 0.182. The molecule has 0 spiro atoms. The fourth-order valence-electron chi connectivity index (χ4n) is 3.55. The normalized spacial score (nSPS) is 11.9. The first kappa shape index (κ1) is 22.3. The third kappa shape index (κ3) is 4.37. The van der Waals surface area contributed by atoms with Crippen LogP contribution in [-0.4, -0.2) is 35.6 Å². The number of thioether (sulfide) groups is 1. The molecule has 0 aliphatic heterocycles. The number of nitrogens with zero attached hydrogens (tertiary/aromatic N) is 5. The molecule has 2 heterocycles. The fourth-order valence-corrected chi connectivity index (χ4v) is 4.37. The van der Waals surface area contributed by atoms with Crippen LogP contribution in [0.2, 0.25) is 0 Å². The molecule has 0 aliphatic carbocycles. The van der Waals surface area contributed by atoms with Crippen molar-refractivity contribution in [2.24, 2.45) is 0 Å². The molecule has 0 radical (unpaired) electrons. The molecule has 0 bridgehead atoms. The minimum absolute atomic E-state index is 0.0176. The van der Waals surface area contributed by atoms with Gasteiger partial charge in [0.2, 0.25) is 0 Å². The van der Waals surface area contributed by atoms with Crippen LogP contribution in [0.25, 0.3) is 33.7 Å². The van der Waals surface area contributed by atoms with Crippen LogP contribution in [0.15, 0.2) is 83.7 Å². The van der Waals surface area contributed by atoms with Gasteiger partial charge in [-0.05, 0) is 24.3 Å². The molecule has 2 aromatic heterocycles. The van der Waals surface area contributed by atoms with E-state index in [1.54, 1.807) is 18.2 Å². The molecule has 0 unspecified atom stereocenters. The lowest BCUT2D eigenvalue weighted by atomic mass is 10.2. The monoisotopic (exact) mass is 486 g/mol. The van der Waals surface area contributed by atoms with Gasteiger partial charge in [-0.15, -0.1) is 10.2 Å². The number of rotatable bonds is 6. The molecule has 172 valence electrons. The van der Waals surface area contributed by atoms with E-state index in [1.165, 1.54) is 10.6 Å². The second-order valence-corrected chi connectivity index (χ2v) is 8.37. The summed E-state index contributed by atoms with van der Waals surface area (Å²) in [5, 5.41) is 29.0. The minimum atomic E-state index is -0.788. The predicted molar refractivity (Wildman–Crippen MR) is 129 cm³/mol. The standard InChI is InChI=1S/C25H16F2N6OS/c26-16-10-11-21(18(27)12-16)33-24(15-6-2-1-3-7-15)31-32-25(33)35-14-22(34)17(13-28)23-29-19-8-4-5-9-20(19)30-23/h1-12,34H,14H2,(H,29,30)/b22-17-. The van der Waals surface area contributed by atoms with Crippen molar-refractivity contribution in [3.63, 3.8) is 0 Å². The Bertz CT molecular complexity index is 1570. The molecule has 0 saturated heterocycles. The van der Waals surface area contributed by atoms with Crippen LogP contribution in [0.3, 0.4) is 0 Å². The van der Waals surface area contributed by atoms with Crippen LogP contribution < -0.4 is 0 Å². The molecule has 0 amide bonds. The molecule has 0 atom stereocenters. The number of nitriles is 1. The number of para-hydroxylation sites is 2. The van der Waals surface area contributed by atoms with E-state index in [1.807, 2.05) is 42.5 Å². The Morgan fingerprint density at radius 3 is 2.54 bits per heavy atom. The summed E-state index contributed by atoms with van der Waals surface area (Å²) < 4.78 is 29.8. The number of aromatic nitrogens is 5. The third-order valence-corrected chi connectivity index (χ3v) is 6.12. The highest BCUT2D eigenvalue weighted by Crippen LogP contribution is 2.31. The topological polar surface area (TPSA) is 103 Å². The first-order valence-corrected chi connectivity index (χ1v) is 11.4. The van der Waals surface area contributed by atoms with Crippen molar-refractivity contribution < 1.29 is 13.9 Å². The smallest absolute Gasteiger partial charge is 0.196 e. The first-order chi connectivity index (χ1) is 17.0. The number of benzene rings is 3. The van der Waals surface area contributed by atoms with Crippen LogP contribution in [0.4, 0.5) is 8.78 Å². The number of aliphatic hydroxyl groups excluding tert-OH is 1. The van der Waals surface area contributed by atoms with Gasteiger partial charge in [0, 0.05) is 11.6 Å². The lowest BCUT2D eigenvalue weighted by Crippen LogP contribution is -2.04. The predicted octanol–water partition coefficient (Wildman–Crippen LogP) is 5.67. The van der Waals surface area contributed by atoms with E-state index in [9.17, 15) is 19.1 Å². The molecule has 5 rings (SSSR count). The number of hydrogen-bond donors (Lipinski definition) is 2. The summed E-state index contributed by atoms with van der Waals surface area (Å²) in [6.45, 7) is 0. The first-order valence-electron chi connectivity index (χ1n) is 10.4. The SMILES string of the molecule is N#C/C(=C(/O)CSc1nnc(-c2ccccc2)n1-c1ccc(F)cc1F)c1nc2ccccc2[nH]1. The minimum Gasteiger partial charge on any atom is -0.510 e. The highest BCUT2D eigenvalue weighted by Gasteiger charge is 2.21. The highest BCUT2D eigenvalue weighted by atomic mass is 32.2. The van der Waals surface area contributed by atoms with E-state index in [2.05, 4.69) is 20.2 Å². The van der Waals surface area contributed by atoms with Gasteiger partial charge in [-0.25, -0.2) is 13.8 Å². The second-order valence-electron chi connectivity index (χ2n) is 7.43. The van der Waals surface area contributed by atoms with E-state index in [0.717, 1.165) is 29.4 Å². The van der Waals surface area contributed by atoms with Crippen LogP contribution in [-0.2, 0) is 0 Å². The number of aromatic amines is 1. The molecule has 0 aliphatic rings. The molecule has 0 saturated carbocycles. The Morgan fingerprint density at radius 1 is 1.03 bits per heavy atom. The zero-order valence-corrected chi connectivity index (χ0v) is 18.8. The maximum Gasteiger partial charge on any atom is 0.196 e. The Labute approximate surface area is 202 Å². The van der Waals surface area contributed by atoms with Crippen molar-refractivity contribution in [1.29, 1.82) is 5.26 Å². The maximum absolute atomic E-state index is 14.8. The van der Waals surface area contributed by atoms with E-state index >= 15 is 0 Å². The summed E-state index contributed by atoms with van der Waals surface area (Å²) >= 11 is 1.05. The molecule has 0 fully saturated rings. The lowest BCUT2D eigenvalue weighted by Gasteiger charge is -2.11. The highest BCUT2D eigenvalue weighted by molar-refractivity contribution is 7.99. The summed E-state index contributed by atoms with van der Waals surface area (Å²) in [6, 6.07) is 21.5. The molecular weight excluding hydrogens is 470 g/mol. The maximum atomic E-state index is 14.8. The van der Waals surface area contributed by atoms with Crippen molar-refractivity contribution in [1.82, 2.24) is 24.7 Å². The molecule has 10 heteroatoms. The molecule has 2 N–H and O–H groups in total. The molecule has 5 aromatic rings. The summed E-state index contributed by atoms with van der Waals surface area (Å²) in [5.74, 6) is -1.20. The van der Waals surface area contributed by atoms with Gasteiger partial charge in [0.15, 0.2) is 16.8 Å². The van der Waals surface area contributed by atoms with Crippen molar-refractivity contribution in [2.75, 3.05) is 5.75 Å². The number of halogens is 2. The zero-order valence-electron chi connectivity index (χ0n) is 18.0. The Morgan fingerprint density at radius 2 is 1.80 bits per heavy atom. The fraction of sp³-hybridized carbons (Fsp3) is 0.0400. The van der Waals surface area contributed by atoms with E-state index in [4.69, 9.17) is 0 Å². The summed E-state index contributed by atoms with van der Waals surface area (Å²) in [4.78, 5) is 7.39. The zero-order chi connectivity index (χ0) is 24.4. The van der Waals surface area contributed by atoms with Gasteiger partial charge in [-0.1, -0.05) is 54.2 Å². The number of imidazole rings is 1. The molecule has 35 heavy (non-hydrogen) atoms. The van der Waals surface area contributed by atoms with Gasteiger partial charge in [0.25, 0.3) is 0 Å². The summed E-state index contributed by atoms with van der Waals surface area (Å²) in [7, 11) is 0. The van der Waals surface area contributed by atoms with Crippen molar-refractivity contribution in [3.05, 3.63) is 96.0 Å². The van der Waals surface area contributed by atoms with Gasteiger partial charge in [0.1, 0.15) is 29.0 Å². The number of H-pyrrole nitrogens is 1. The van der Waals surface area contributed by atoms with E-state index in [-0.39, 0.29) is 33.8 Å². The van der Waals surface area contributed by atoms with Crippen molar-refractivity contribution >= 4 is 28.4 Å². The van der Waals surface area contributed by atoms with Crippen molar-refractivity contribution in [2.45, 2.75) is 5.16 Å². The van der Waals surface area contributed by atoms with Crippen LogP contribution >= 0.6 is 11.8 Å². The van der Waals surface area contributed by atoms with Gasteiger partial charge in [-0.2, -0.15) is 5.26 Å². The van der Waals surface area contributed by atoms with Gasteiger partial charge in [-0.3, -0.25) is 4.57 Å². The Balaban J connectivity index is 1.52. The number of aliphatic hydroxyl groups is 1. The number of hydrogen-bond acceptors (Lipinski definition) is 6. The number of fused-ring (bicyclic) bond motifs is 1. The summed E-state index contributed by atoms with van der Waals surface area (Å²) in [5.41, 5.74) is 2.11. The second kappa shape index (κ2) is 9.40. The number of nitrogens with one attached hydrogen (secondary N) is 1. The van der Waals surface area contributed by atoms with E-state index in [0.29, 0.717) is 16.9 Å². The van der Waals surface area contributed by atoms with E-state index < -0.39 is 11.6 Å². The summed E-state index contributed by atoms with van der Waals surface area (Å²) in [6.07, 6.45) is 0. The third-order valence-electron chi connectivity index (χ3n) is 5.18. The Kier molecular flexibility index (Phi) is 5.99. The lowest BCUT2D eigenvalue weighted by molar-refractivity contribution is 0.420. The van der Waals surface area contributed by atoms with Gasteiger partial charge in [0.05, 0.1) is 22.5 Å². The van der Waals surface area contributed by atoms with Gasteiger partial charge < -0.3 is 10.1 Å². The Hall–Kier alpha value is -4.49. The molecule has 7 nitrogen and oxygen atoms in total. The molecular formula is C25H16F2N6OS. The average molecular weight is 487 g/mol. The van der Waals surface area contributed by atoms with Crippen molar-refractivity contribution in [3.8, 4) is 23.1 Å².